The first-order chi connectivity index (χ1) is 9.78. The lowest BCUT2D eigenvalue weighted by molar-refractivity contribution is -0.116. The molecule has 110 valence electrons. The van der Waals surface area contributed by atoms with E-state index in [9.17, 15) is 4.79 Å². The molecule has 0 bridgehead atoms. The number of nitrogens with one attached hydrogen (secondary N) is 1. The number of carbonyl (C=O) groups excluding carboxylic acids is 1. The van der Waals surface area contributed by atoms with Gasteiger partial charge in [-0.05, 0) is 56.4 Å². The van der Waals surface area contributed by atoms with Gasteiger partial charge in [0.2, 0.25) is 5.91 Å². The van der Waals surface area contributed by atoms with Gasteiger partial charge in [0, 0.05) is 12.1 Å². The molecular weight excluding hydrogens is 250 g/mol. The van der Waals surface area contributed by atoms with Gasteiger partial charge in [-0.2, -0.15) is 0 Å². The van der Waals surface area contributed by atoms with Crippen LogP contribution in [0.25, 0.3) is 0 Å². The third-order valence-electron chi connectivity index (χ3n) is 3.75. The monoisotopic (exact) mass is 275 g/mol. The Balaban J connectivity index is 1.77. The van der Waals surface area contributed by atoms with Gasteiger partial charge in [-0.15, -0.1) is 0 Å². The second kappa shape index (κ2) is 7.93. The third-order valence-corrected chi connectivity index (χ3v) is 3.75. The van der Waals surface area contributed by atoms with Gasteiger partial charge in [0.25, 0.3) is 0 Å². The van der Waals surface area contributed by atoms with Crippen molar-refractivity contribution in [1.82, 2.24) is 0 Å². The molecule has 1 amide bonds. The summed E-state index contributed by atoms with van der Waals surface area (Å²) in [7, 11) is 0. The molecule has 1 fully saturated rings. The molecule has 0 aromatic heterocycles. The molecule has 3 heteroatoms. The molecule has 1 aromatic carbocycles. The van der Waals surface area contributed by atoms with E-state index in [4.69, 9.17) is 4.74 Å². The summed E-state index contributed by atoms with van der Waals surface area (Å²) in [5, 5.41) is 2.93. The van der Waals surface area contributed by atoms with E-state index in [0.717, 1.165) is 43.5 Å². The number of carbonyl (C=O) groups is 1. The van der Waals surface area contributed by atoms with Gasteiger partial charge in [0.15, 0.2) is 0 Å². The minimum absolute atomic E-state index is 0.0999. The number of unbranched alkanes of at least 4 members (excludes halogenated alkanes) is 2. The first-order valence-corrected chi connectivity index (χ1v) is 7.84. The highest BCUT2D eigenvalue weighted by Gasteiger charge is 2.16. The summed E-state index contributed by atoms with van der Waals surface area (Å²) >= 11 is 0. The van der Waals surface area contributed by atoms with E-state index in [1.54, 1.807) is 0 Å². The number of ether oxygens (including phenoxy) is 1. The number of hydrogen-bond acceptors (Lipinski definition) is 2. The third kappa shape index (κ3) is 4.87. The van der Waals surface area contributed by atoms with Crippen molar-refractivity contribution in [2.24, 2.45) is 0 Å². The standard InChI is InChI=1S/C17H25NO2/c1-2-3-4-9-17(19)18-14-10-12-16(13-11-14)20-15-7-5-6-8-15/h10-13,15H,2-9H2,1H3,(H,18,19). The summed E-state index contributed by atoms with van der Waals surface area (Å²) in [5.74, 6) is 1.00. The SMILES string of the molecule is CCCCCC(=O)Nc1ccc(OC2CCCC2)cc1. The van der Waals surface area contributed by atoms with Crippen molar-refractivity contribution in [1.29, 1.82) is 0 Å². The molecule has 0 spiro atoms. The van der Waals surface area contributed by atoms with Crippen molar-refractivity contribution in [2.75, 3.05) is 5.32 Å². The highest BCUT2D eigenvalue weighted by molar-refractivity contribution is 5.90. The van der Waals surface area contributed by atoms with E-state index in [0.29, 0.717) is 12.5 Å². The van der Waals surface area contributed by atoms with Gasteiger partial charge < -0.3 is 10.1 Å². The van der Waals surface area contributed by atoms with E-state index in [2.05, 4.69) is 12.2 Å². The van der Waals surface area contributed by atoms with Gasteiger partial charge in [0.1, 0.15) is 5.75 Å². The molecule has 0 saturated heterocycles. The van der Waals surface area contributed by atoms with Crippen LogP contribution >= 0.6 is 0 Å². The van der Waals surface area contributed by atoms with Crippen LogP contribution in [0.15, 0.2) is 24.3 Å². The highest BCUT2D eigenvalue weighted by atomic mass is 16.5. The Morgan fingerprint density at radius 1 is 1.20 bits per heavy atom. The smallest absolute Gasteiger partial charge is 0.224 e. The van der Waals surface area contributed by atoms with E-state index in [-0.39, 0.29) is 5.91 Å². The Morgan fingerprint density at radius 3 is 2.55 bits per heavy atom. The minimum atomic E-state index is 0.0999. The van der Waals surface area contributed by atoms with Crippen LogP contribution in [0.3, 0.4) is 0 Å². The largest absolute Gasteiger partial charge is 0.490 e. The first-order valence-electron chi connectivity index (χ1n) is 7.84. The molecule has 0 unspecified atom stereocenters. The molecule has 2 rings (SSSR count). The average Bonchev–Trinajstić information content (AvgIpc) is 2.94. The molecule has 1 aromatic rings. The summed E-state index contributed by atoms with van der Waals surface area (Å²) in [6.07, 6.45) is 9.07. The number of amides is 1. The number of rotatable bonds is 7. The van der Waals surface area contributed by atoms with Crippen LogP contribution in [0.4, 0.5) is 5.69 Å². The maximum absolute atomic E-state index is 11.7. The Kier molecular flexibility index (Phi) is 5.90. The quantitative estimate of drug-likeness (QED) is 0.743. The van der Waals surface area contributed by atoms with Crippen molar-refractivity contribution in [3.63, 3.8) is 0 Å². The number of hydrogen-bond donors (Lipinski definition) is 1. The Morgan fingerprint density at radius 2 is 1.90 bits per heavy atom. The van der Waals surface area contributed by atoms with Crippen LogP contribution in [-0.2, 0) is 4.79 Å². The van der Waals surface area contributed by atoms with Crippen LogP contribution in [0, 0.1) is 0 Å². The fourth-order valence-electron chi connectivity index (χ4n) is 2.57. The summed E-state index contributed by atoms with van der Waals surface area (Å²) in [6, 6.07) is 7.73. The van der Waals surface area contributed by atoms with Crippen molar-refractivity contribution in [3.8, 4) is 5.75 Å². The average molecular weight is 275 g/mol. The van der Waals surface area contributed by atoms with E-state index >= 15 is 0 Å². The second-order valence-electron chi connectivity index (χ2n) is 5.55. The van der Waals surface area contributed by atoms with Crippen LogP contribution in [-0.4, -0.2) is 12.0 Å². The zero-order valence-electron chi connectivity index (χ0n) is 12.4. The van der Waals surface area contributed by atoms with Crippen molar-refractivity contribution in [3.05, 3.63) is 24.3 Å². The van der Waals surface area contributed by atoms with Crippen molar-refractivity contribution in [2.45, 2.75) is 64.4 Å². The number of benzene rings is 1. The summed E-state index contributed by atoms with van der Waals surface area (Å²) in [6.45, 7) is 2.14. The van der Waals surface area contributed by atoms with Gasteiger partial charge in [0.05, 0.1) is 6.10 Å². The van der Waals surface area contributed by atoms with Crippen LogP contribution in [0.1, 0.15) is 58.3 Å². The maximum Gasteiger partial charge on any atom is 0.224 e. The zero-order chi connectivity index (χ0) is 14.2. The zero-order valence-corrected chi connectivity index (χ0v) is 12.4. The minimum Gasteiger partial charge on any atom is -0.490 e. The van der Waals surface area contributed by atoms with E-state index in [1.165, 1.54) is 12.8 Å². The molecule has 0 aliphatic heterocycles. The van der Waals surface area contributed by atoms with Crippen molar-refractivity contribution < 1.29 is 9.53 Å². The number of anilines is 1. The van der Waals surface area contributed by atoms with Crippen LogP contribution in [0.2, 0.25) is 0 Å². The predicted octanol–water partition coefficient (Wildman–Crippen LogP) is 4.53. The predicted molar refractivity (Wildman–Crippen MR) is 82.1 cm³/mol. The molecule has 20 heavy (non-hydrogen) atoms. The molecule has 1 saturated carbocycles. The normalized spacial score (nSPS) is 15.2. The Bertz CT molecular complexity index is 408. The summed E-state index contributed by atoms with van der Waals surface area (Å²) < 4.78 is 5.90. The van der Waals surface area contributed by atoms with Crippen LogP contribution in [0.5, 0.6) is 5.75 Å². The molecule has 3 nitrogen and oxygen atoms in total. The van der Waals surface area contributed by atoms with E-state index in [1.807, 2.05) is 24.3 Å². The highest BCUT2D eigenvalue weighted by Crippen LogP contribution is 2.25. The van der Waals surface area contributed by atoms with Gasteiger partial charge in [-0.25, -0.2) is 0 Å². The lowest BCUT2D eigenvalue weighted by Crippen LogP contribution is -2.12. The van der Waals surface area contributed by atoms with Gasteiger partial charge in [-0.1, -0.05) is 19.8 Å². The molecular formula is C17H25NO2. The first kappa shape index (κ1) is 14.9. The summed E-state index contributed by atoms with van der Waals surface area (Å²) in [4.78, 5) is 11.7. The molecule has 0 atom stereocenters. The molecule has 0 heterocycles. The fraction of sp³-hybridized carbons (Fsp3) is 0.588. The fourth-order valence-corrected chi connectivity index (χ4v) is 2.57. The van der Waals surface area contributed by atoms with Crippen LogP contribution < -0.4 is 10.1 Å². The maximum atomic E-state index is 11.7. The second-order valence-corrected chi connectivity index (χ2v) is 5.55. The lowest BCUT2D eigenvalue weighted by atomic mass is 10.2. The molecule has 0 radical (unpaired) electrons. The van der Waals surface area contributed by atoms with Gasteiger partial charge in [-0.3, -0.25) is 4.79 Å². The Hall–Kier alpha value is -1.51. The topological polar surface area (TPSA) is 38.3 Å². The van der Waals surface area contributed by atoms with E-state index < -0.39 is 0 Å². The molecule has 1 aliphatic rings. The molecule has 1 N–H and O–H groups in total. The lowest BCUT2D eigenvalue weighted by Gasteiger charge is -2.13. The van der Waals surface area contributed by atoms with Gasteiger partial charge >= 0.3 is 0 Å². The molecule has 1 aliphatic carbocycles. The van der Waals surface area contributed by atoms with Crippen molar-refractivity contribution >= 4 is 11.6 Å². The summed E-state index contributed by atoms with van der Waals surface area (Å²) in [5.41, 5.74) is 0.852. The Labute approximate surface area is 121 Å².